The lowest BCUT2D eigenvalue weighted by atomic mass is 10.1. The average Bonchev–Trinajstić information content (AvgIpc) is 2.34. The minimum Gasteiger partial charge on any atom is -0.480 e. The first kappa shape index (κ1) is 14.6. The minimum atomic E-state index is -1.27. The van der Waals surface area contributed by atoms with Gasteiger partial charge in [0.15, 0.2) is 0 Å². The van der Waals surface area contributed by atoms with Crippen molar-refractivity contribution < 1.29 is 23.9 Å². The highest BCUT2D eigenvalue weighted by Gasteiger charge is 2.21. The Morgan fingerprint density at radius 2 is 1.84 bits per heavy atom. The van der Waals surface area contributed by atoms with Crippen molar-refractivity contribution in [2.45, 2.75) is 18.9 Å². The van der Waals surface area contributed by atoms with Crippen LogP contribution in [0.3, 0.4) is 0 Å². The summed E-state index contributed by atoms with van der Waals surface area (Å²) in [4.78, 5) is 33.2. The van der Waals surface area contributed by atoms with Crippen LogP contribution in [-0.2, 0) is 9.59 Å². The Labute approximate surface area is 108 Å². The molecule has 4 N–H and O–H groups in total. The van der Waals surface area contributed by atoms with Crippen molar-refractivity contribution >= 4 is 17.8 Å². The lowest BCUT2D eigenvalue weighted by Crippen LogP contribution is -2.41. The number of halogens is 1. The molecule has 6 nitrogen and oxygen atoms in total. The topological polar surface area (TPSA) is 109 Å². The number of hydrogen-bond acceptors (Lipinski definition) is 3. The highest BCUT2D eigenvalue weighted by molar-refractivity contribution is 5.96. The van der Waals surface area contributed by atoms with Gasteiger partial charge in [-0.25, -0.2) is 9.18 Å². The summed E-state index contributed by atoms with van der Waals surface area (Å²) in [5.41, 5.74) is 5.04. The zero-order valence-corrected chi connectivity index (χ0v) is 9.93. The number of nitrogens with two attached hydrogens (primary N) is 1. The summed E-state index contributed by atoms with van der Waals surface area (Å²) in [7, 11) is 0. The van der Waals surface area contributed by atoms with Crippen LogP contribution in [0.5, 0.6) is 0 Å². The van der Waals surface area contributed by atoms with Crippen molar-refractivity contribution in [3.05, 3.63) is 35.6 Å². The van der Waals surface area contributed by atoms with Crippen molar-refractivity contribution in [2.24, 2.45) is 5.73 Å². The van der Waals surface area contributed by atoms with Gasteiger partial charge in [0.1, 0.15) is 11.9 Å². The molecule has 0 aliphatic rings. The van der Waals surface area contributed by atoms with Gasteiger partial charge in [0.2, 0.25) is 5.91 Å². The maximum Gasteiger partial charge on any atom is 0.326 e. The number of carboxylic acid groups (broad SMARTS) is 1. The molecule has 0 saturated heterocycles. The predicted octanol–water partition coefficient (Wildman–Crippen LogP) is 0.274. The van der Waals surface area contributed by atoms with Crippen molar-refractivity contribution in [1.29, 1.82) is 0 Å². The van der Waals surface area contributed by atoms with E-state index in [1.165, 1.54) is 12.1 Å². The summed E-state index contributed by atoms with van der Waals surface area (Å²) in [6, 6.07) is 3.43. The second-order valence-electron chi connectivity index (χ2n) is 3.88. The zero-order chi connectivity index (χ0) is 14.4. The normalized spacial score (nSPS) is 11.6. The van der Waals surface area contributed by atoms with Gasteiger partial charge in [-0.2, -0.15) is 0 Å². The smallest absolute Gasteiger partial charge is 0.326 e. The van der Waals surface area contributed by atoms with E-state index < -0.39 is 29.6 Å². The number of nitrogens with one attached hydrogen (secondary N) is 1. The van der Waals surface area contributed by atoms with E-state index in [1.807, 2.05) is 0 Å². The Bertz CT molecular complexity index is 487. The Morgan fingerprint density at radius 1 is 1.26 bits per heavy atom. The predicted molar refractivity (Wildman–Crippen MR) is 63.7 cm³/mol. The molecule has 19 heavy (non-hydrogen) atoms. The van der Waals surface area contributed by atoms with E-state index in [4.69, 9.17) is 10.8 Å². The summed E-state index contributed by atoms with van der Waals surface area (Å²) in [6.07, 6.45) is -0.252. The molecule has 1 unspecified atom stereocenters. The molecule has 0 saturated carbocycles. The standard InChI is InChI=1S/C12H13FN2O4/c13-8-3-1-7(2-4-8)11(17)15-9(12(18)19)5-6-10(14)16/h1-4,9H,5-6H2,(H2,14,16)(H,15,17)(H,18,19). The second kappa shape index (κ2) is 6.48. The molecule has 0 spiro atoms. The van der Waals surface area contributed by atoms with Crippen LogP contribution in [0, 0.1) is 5.82 Å². The van der Waals surface area contributed by atoms with Crippen molar-refractivity contribution in [2.75, 3.05) is 0 Å². The highest BCUT2D eigenvalue weighted by Crippen LogP contribution is 2.04. The van der Waals surface area contributed by atoms with E-state index in [-0.39, 0.29) is 18.4 Å². The summed E-state index contributed by atoms with van der Waals surface area (Å²) in [6.45, 7) is 0. The monoisotopic (exact) mass is 268 g/mol. The molecule has 0 aromatic heterocycles. The quantitative estimate of drug-likeness (QED) is 0.688. The summed E-state index contributed by atoms with van der Waals surface area (Å²) < 4.78 is 12.7. The molecule has 2 amide bonds. The number of amides is 2. The fourth-order valence-electron chi connectivity index (χ4n) is 1.39. The van der Waals surface area contributed by atoms with Crippen molar-refractivity contribution in [1.82, 2.24) is 5.32 Å². The van der Waals surface area contributed by atoms with Crippen LogP contribution in [-0.4, -0.2) is 28.9 Å². The third-order valence-electron chi connectivity index (χ3n) is 2.39. The number of benzene rings is 1. The van der Waals surface area contributed by atoms with Crippen LogP contribution >= 0.6 is 0 Å². The molecule has 1 atom stereocenters. The first-order valence-corrected chi connectivity index (χ1v) is 5.47. The van der Waals surface area contributed by atoms with Gasteiger partial charge < -0.3 is 16.2 Å². The fraction of sp³-hybridized carbons (Fsp3) is 0.250. The van der Waals surface area contributed by atoms with E-state index in [9.17, 15) is 18.8 Å². The number of carbonyl (C=O) groups is 3. The first-order valence-electron chi connectivity index (χ1n) is 5.47. The van der Waals surface area contributed by atoms with Crippen LogP contribution in [0.25, 0.3) is 0 Å². The van der Waals surface area contributed by atoms with Crippen molar-refractivity contribution in [3.63, 3.8) is 0 Å². The third kappa shape index (κ3) is 4.74. The van der Waals surface area contributed by atoms with Crippen LogP contribution in [0.1, 0.15) is 23.2 Å². The van der Waals surface area contributed by atoms with Crippen LogP contribution in [0.4, 0.5) is 4.39 Å². The lowest BCUT2D eigenvalue weighted by Gasteiger charge is -2.13. The molecule has 0 bridgehead atoms. The number of primary amides is 1. The number of carboxylic acids is 1. The molecular weight excluding hydrogens is 255 g/mol. The van der Waals surface area contributed by atoms with Gasteiger partial charge in [0.25, 0.3) is 5.91 Å². The van der Waals surface area contributed by atoms with Gasteiger partial charge in [-0.05, 0) is 30.7 Å². The summed E-state index contributed by atoms with van der Waals surface area (Å²) in [5.74, 6) is -3.07. The van der Waals surface area contributed by atoms with E-state index in [0.717, 1.165) is 12.1 Å². The lowest BCUT2D eigenvalue weighted by molar-refractivity contribution is -0.139. The van der Waals surface area contributed by atoms with Gasteiger partial charge >= 0.3 is 5.97 Å². The fourth-order valence-corrected chi connectivity index (χ4v) is 1.39. The van der Waals surface area contributed by atoms with Gasteiger partial charge in [-0.1, -0.05) is 0 Å². The zero-order valence-electron chi connectivity index (χ0n) is 9.93. The first-order chi connectivity index (χ1) is 8.90. The number of aliphatic carboxylic acids is 1. The Hall–Kier alpha value is -2.44. The number of hydrogen-bond donors (Lipinski definition) is 3. The third-order valence-corrected chi connectivity index (χ3v) is 2.39. The molecule has 0 aliphatic heterocycles. The molecular formula is C12H13FN2O4. The summed E-state index contributed by atoms with van der Waals surface area (Å²) >= 11 is 0. The molecule has 0 heterocycles. The molecule has 0 fully saturated rings. The summed E-state index contributed by atoms with van der Waals surface area (Å²) in [5, 5.41) is 11.1. The molecule has 0 aliphatic carbocycles. The Morgan fingerprint density at radius 3 is 2.32 bits per heavy atom. The largest absolute Gasteiger partial charge is 0.480 e. The van der Waals surface area contributed by atoms with Gasteiger partial charge in [-0.15, -0.1) is 0 Å². The SMILES string of the molecule is NC(=O)CCC(NC(=O)c1ccc(F)cc1)C(=O)O. The Kier molecular flexibility index (Phi) is 4.99. The van der Waals surface area contributed by atoms with Crippen LogP contribution < -0.4 is 11.1 Å². The number of carbonyl (C=O) groups excluding carboxylic acids is 2. The van der Waals surface area contributed by atoms with Gasteiger partial charge in [0.05, 0.1) is 0 Å². The average molecular weight is 268 g/mol. The van der Waals surface area contributed by atoms with Gasteiger partial charge in [0, 0.05) is 12.0 Å². The number of rotatable bonds is 6. The molecule has 102 valence electrons. The highest BCUT2D eigenvalue weighted by atomic mass is 19.1. The Balaban J connectivity index is 2.68. The maximum absolute atomic E-state index is 12.7. The molecule has 0 radical (unpaired) electrons. The molecule has 7 heteroatoms. The van der Waals surface area contributed by atoms with E-state index in [1.54, 1.807) is 0 Å². The van der Waals surface area contributed by atoms with Crippen LogP contribution in [0.2, 0.25) is 0 Å². The maximum atomic E-state index is 12.7. The van der Waals surface area contributed by atoms with E-state index in [0.29, 0.717) is 0 Å². The van der Waals surface area contributed by atoms with E-state index >= 15 is 0 Å². The minimum absolute atomic E-state index is 0.0996. The molecule has 1 aromatic rings. The van der Waals surface area contributed by atoms with Crippen LogP contribution in [0.15, 0.2) is 24.3 Å². The van der Waals surface area contributed by atoms with Gasteiger partial charge in [-0.3, -0.25) is 9.59 Å². The molecule has 1 aromatic carbocycles. The second-order valence-corrected chi connectivity index (χ2v) is 3.88. The van der Waals surface area contributed by atoms with E-state index in [2.05, 4.69) is 5.32 Å². The van der Waals surface area contributed by atoms with Crippen molar-refractivity contribution in [3.8, 4) is 0 Å². The molecule has 1 rings (SSSR count).